The van der Waals surface area contributed by atoms with E-state index >= 15 is 0 Å². The minimum Gasteiger partial charge on any atom is -0.393 e. The molecule has 1 aliphatic carbocycles. The molecule has 1 nitrogen and oxygen atoms in total. The highest BCUT2D eigenvalue weighted by Gasteiger charge is 2.38. The Morgan fingerprint density at radius 3 is 2.35 bits per heavy atom. The number of aliphatic hydroxyl groups excluding tert-OH is 1. The molecule has 1 saturated carbocycles. The van der Waals surface area contributed by atoms with Crippen molar-refractivity contribution >= 4 is 0 Å². The lowest BCUT2D eigenvalue weighted by atomic mass is 9.64. The van der Waals surface area contributed by atoms with E-state index in [2.05, 4.69) is 51.1 Å². The maximum atomic E-state index is 10.3. The van der Waals surface area contributed by atoms with Crippen LogP contribution in [0.15, 0.2) is 30.3 Å². The van der Waals surface area contributed by atoms with Crippen molar-refractivity contribution in [3.8, 4) is 0 Å². The normalized spacial score (nSPS) is 30.2. The first-order valence-electron chi connectivity index (χ1n) is 6.75. The second-order valence-corrected chi connectivity index (χ2v) is 6.18. The summed E-state index contributed by atoms with van der Waals surface area (Å²) in [6.07, 6.45) is 3.21. The van der Waals surface area contributed by atoms with Crippen molar-refractivity contribution in [3.63, 3.8) is 0 Å². The molecule has 1 aromatic rings. The van der Waals surface area contributed by atoms with Crippen LogP contribution in [-0.2, 0) is 5.41 Å². The highest BCUT2D eigenvalue weighted by atomic mass is 16.3. The molecule has 17 heavy (non-hydrogen) atoms. The zero-order valence-corrected chi connectivity index (χ0v) is 11.2. The van der Waals surface area contributed by atoms with Crippen molar-refractivity contribution in [3.05, 3.63) is 35.9 Å². The van der Waals surface area contributed by atoms with E-state index < -0.39 is 0 Å². The average Bonchev–Trinajstić information content (AvgIpc) is 2.29. The molecule has 3 atom stereocenters. The highest BCUT2D eigenvalue weighted by molar-refractivity contribution is 5.25. The average molecular weight is 232 g/mol. The molecule has 0 aliphatic heterocycles. The molecule has 0 aromatic heterocycles. The third-order valence-corrected chi connectivity index (χ3v) is 4.52. The van der Waals surface area contributed by atoms with Gasteiger partial charge in [0, 0.05) is 0 Å². The van der Waals surface area contributed by atoms with Gasteiger partial charge < -0.3 is 5.11 Å². The number of rotatable bonds is 2. The number of hydrogen-bond acceptors (Lipinski definition) is 1. The van der Waals surface area contributed by atoms with Crippen LogP contribution < -0.4 is 0 Å². The van der Waals surface area contributed by atoms with Gasteiger partial charge in [0.25, 0.3) is 0 Å². The van der Waals surface area contributed by atoms with Crippen molar-refractivity contribution < 1.29 is 5.11 Å². The van der Waals surface area contributed by atoms with Gasteiger partial charge in [0.05, 0.1) is 6.10 Å². The summed E-state index contributed by atoms with van der Waals surface area (Å²) >= 11 is 0. The van der Waals surface area contributed by atoms with E-state index in [9.17, 15) is 5.11 Å². The van der Waals surface area contributed by atoms with Crippen molar-refractivity contribution in [2.24, 2.45) is 11.8 Å². The molecule has 0 radical (unpaired) electrons. The van der Waals surface area contributed by atoms with E-state index in [1.165, 1.54) is 12.0 Å². The van der Waals surface area contributed by atoms with Gasteiger partial charge in [-0.3, -0.25) is 0 Å². The maximum absolute atomic E-state index is 10.3. The summed E-state index contributed by atoms with van der Waals surface area (Å²) < 4.78 is 0. The van der Waals surface area contributed by atoms with E-state index in [-0.39, 0.29) is 11.5 Å². The molecule has 0 heterocycles. The third-order valence-electron chi connectivity index (χ3n) is 4.52. The standard InChI is InChI=1S/C16H24O/c1-12-9-10-14(15(17)11-12)16(2,3)13-7-5-4-6-8-13/h4-8,12,14-15,17H,9-11H2,1-3H3/t12-,14-,15-/m1/s1. The second-order valence-electron chi connectivity index (χ2n) is 6.18. The topological polar surface area (TPSA) is 20.2 Å². The van der Waals surface area contributed by atoms with Crippen LogP contribution in [0.25, 0.3) is 0 Å². The van der Waals surface area contributed by atoms with Crippen LogP contribution in [0.2, 0.25) is 0 Å². The van der Waals surface area contributed by atoms with Crippen molar-refractivity contribution in [2.75, 3.05) is 0 Å². The van der Waals surface area contributed by atoms with Gasteiger partial charge in [-0.1, -0.05) is 57.5 Å². The van der Waals surface area contributed by atoms with Gasteiger partial charge in [0.1, 0.15) is 0 Å². The van der Waals surface area contributed by atoms with Gasteiger partial charge in [-0.15, -0.1) is 0 Å². The van der Waals surface area contributed by atoms with Crippen LogP contribution in [0.3, 0.4) is 0 Å². The second kappa shape index (κ2) is 4.81. The third kappa shape index (κ3) is 2.55. The molecule has 2 rings (SSSR count). The SMILES string of the molecule is C[C@@H]1CC[C@@H](C(C)(C)c2ccccc2)[C@H](O)C1. The summed E-state index contributed by atoms with van der Waals surface area (Å²) in [5, 5.41) is 10.3. The zero-order valence-electron chi connectivity index (χ0n) is 11.2. The number of aliphatic hydroxyl groups is 1. The molecule has 1 aliphatic rings. The minimum absolute atomic E-state index is 0.0703. The predicted molar refractivity (Wildman–Crippen MR) is 72.0 cm³/mol. The molecule has 1 N–H and O–H groups in total. The van der Waals surface area contributed by atoms with Crippen molar-refractivity contribution in [1.29, 1.82) is 0 Å². The molecule has 0 saturated heterocycles. The van der Waals surface area contributed by atoms with E-state index in [1.54, 1.807) is 0 Å². The Kier molecular flexibility index (Phi) is 3.58. The van der Waals surface area contributed by atoms with E-state index in [0.717, 1.165) is 12.8 Å². The molecule has 0 bridgehead atoms. The van der Waals surface area contributed by atoms with Crippen molar-refractivity contribution in [1.82, 2.24) is 0 Å². The van der Waals surface area contributed by atoms with Crippen LogP contribution in [-0.4, -0.2) is 11.2 Å². The molecule has 0 amide bonds. The van der Waals surface area contributed by atoms with Gasteiger partial charge in [-0.25, -0.2) is 0 Å². The lowest BCUT2D eigenvalue weighted by Crippen LogP contribution is -2.41. The van der Waals surface area contributed by atoms with Gasteiger partial charge in [0.2, 0.25) is 0 Å². The molecular weight excluding hydrogens is 208 g/mol. The lowest BCUT2D eigenvalue weighted by molar-refractivity contribution is 0.0143. The van der Waals surface area contributed by atoms with Gasteiger partial charge in [-0.05, 0) is 35.7 Å². The van der Waals surface area contributed by atoms with Crippen LogP contribution >= 0.6 is 0 Å². The Morgan fingerprint density at radius 2 is 1.76 bits per heavy atom. The van der Waals surface area contributed by atoms with Gasteiger partial charge in [-0.2, -0.15) is 0 Å². The monoisotopic (exact) mass is 232 g/mol. The van der Waals surface area contributed by atoms with Gasteiger partial charge >= 0.3 is 0 Å². The Labute approximate surface area is 105 Å². The molecule has 1 fully saturated rings. The first kappa shape index (κ1) is 12.6. The first-order valence-corrected chi connectivity index (χ1v) is 6.75. The fourth-order valence-corrected chi connectivity index (χ4v) is 3.27. The highest BCUT2D eigenvalue weighted by Crippen LogP contribution is 2.42. The smallest absolute Gasteiger partial charge is 0.0579 e. The molecular formula is C16H24O. The Morgan fingerprint density at radius 1 is 1.12 bits per heavy atom. The summed E-state index contributed by atoms with van der Waals surface area (Å²) in [5.41, 5.74) is 1.42. The quantitative estimate of drug-likeness (QED) is 0.823. The molecule has 1 heteroatoms. The van der Waals surface area contributed by atoms with Crippen LogP contribution in [0.5, 0.6) is 0 Å². The predicted octanol–water partition coefficient (Wildman–Crippen LogP) is 3.76. The van der Waals surface area contributed by atoms with E-state index in [1.807, 2.05) is 0 Å². The Balaban J connectivity index is 2.21. The number of hydrogen-bond donors (Lipinski definition) is 1. The molecule has 94 valence electrons. The fraction of sp³-hybridized carbons (Fsp3) is 0.625. The Hall–Kier alpha value is -0.820. The largest absolute Gasteiger partial charge is 0.393 e. The first-order chi connectivity index (χ1) is 8.01. The van der Waals surface area contributed by atoms with Crippen LogP contribution in [0.1, 0.15) is 45.6 Å². The lowest BCUT2D eigenvalue weighted by Gasteiger charge is -2.42. The zero-order chi connectivity index (χ0) is 12.5. The maximum Gasteiger partial charge on any atom is 0.0579 e. The summed E-state index contributed by atoms with van der Waals surface area (Å²) in [7, 11) is 0. The van der Waals surface area contributed by atoms with E-state index in [4.69, 9.17) is 0 Å². The summed E-state index contributed by atoms with van der Waals surface area (Å²) in [5.74, 6) is 1.06. The summed E-state index contributed by atoms with van der Waals surface area (Å²) in [6.45, 7) is 6.79. The molecule has 0 spiro atoms. The van der Waals surface area contributed by atoms with Gasteiger partial charge in [0.15, 0.2) is 0 Å². The Bertz CT molecular complexity index is 355. The summed E-state index contributed by atoms with van der Waals surface area (Å²) in [6, 6.07) is 10.6. The fourth-order valence-electron chi connectivity index (χ4n) is 3.27. The van der Waals surface area contributed by atoms with Crippen LogP contribution in [0.4, 0.5) is 0 Å². The summed E-state index contributed by atoms with van der Waals surface area (Å²) in [4.78, 5) is 0. The number of benzene rings is 1. The molecule has 1 aromatic carbocycles. The van der Waals surface area contributed by atoms with Crippen molar-refractivity contribution in [2.45, 2.75) is 51.6 Å². The molecule has 0 unspecified atom stereocenters. The van der Waals surface area contributed by atoms with Crippen LogP contribution in [0, 0.1) is 11.8 Å². The minimum atomic E-state index is -0.144. The van der Waals surface area contributed by atoms with E-state index in [0.29, 0.717) is 11.8 Å².